The van der Waals surface area contributed by atoms with Crippen LogP contribution in [0.4, 0.5) is 5.69 Å². The number of halogens is 1. The third kappa shape index (κ3) is 3.20. The third-order valence-corrected chi connectivity index (χ3v) is 6.87. The molecule has 0 saturated heterocycles. The zero-order valence-corrected chi connectivity index (χ0v) is 18.6. The SMILES string of the molecule is COc1cc([C@@H]2Nc3ccc(-c4ccccc4)cc3[C@@H]3C=CC[C@H]32)cc(Br)c1OC. The number of rotatable bonds is 4. The summed E-state index contributed by atoms with van der Waals surface area (Å²) in [5, 5.41) is 3.82. The van der Waals surface area contributed by atoms with Gasteiger partial charge in [-0.05, 0) is 74.8 Å². The molecule has 4 heteroatoms. The average Bonchev–Trinajstić information content (AvgIpc) is 3.28. The van der Waals surface area contributed by atoms with Crippen molar-refractivity contribution < 1.29 is 9.47 Å². The monoisotopic (exact) mass is 461 g/mol. The van der Waals surface area contributed by atoms with Gasteiger partial charge in [0.05, 0.1) is 24.7 Å². The first-order valence-electron chi connectivity index (χ1n) is 10.2. The molecule has 3 aromatic carbocycles. The molecule has 0 bridgehead atoms. The van der Waals surface area contributed by atoms with Gasteiger partial charge in [-0.1, -0.05) is 48.6 Å². The number of methoxy groups -OCH3 is 2. The number of ether oxygens (including phenoxy) is 2. The van der Waals surface area contributed by atoms with Crippen LogP contribution in [0.3, 0.4) is 0 Å². The van der Waals surface area contributed by atoms with Crippen LogP contribution in [0.2, 0.25) is 0 Å². The van der Waals surface area contributed by atoms with Gasteiger partial charge in [0, 0.05) is 11.6 Å². The summed E-state index contributed by atoms with van der Waals surface area (Å²) in [6.07, 6.45) is 5.76. The highest BCUT2D eigenvalue weighted by Crippen LogP contribution is 2.51. The Kier molecular flexibility index (Phi) is 5.03. The average molecular weight is 462 g/mol. The molecular formula is C26H24BrNO2. The van der Waals surface area contributed by atoms with Crippen LogP contribution in [0, 0.1) is 5.92 Å². The molecule has 30 heavy (non-hydrogen) atoms. The molecule has 1 aliphatic carbocycles. The van der Waals surface area contributed by atoms with Gasteiger partial charge in [-0.3, -0.25) is 0 Å². The normalized spacial score (nSPS) is 21.5. The fourth-order valence-corrected chi connectivity index (χ4v) is 5.47. The van der Waals surface area contributed by atoms with Gasteiger partial charge >= 0.3 is 0 Å². The van der Waals surface area contributed by atoms with E-state index in [2.05, 4.69) is 94.1 Å². The molecule has 1 aliphatic heterocycles. The number of hydrogen-bond donors (Lipinski definition) is 1. The molecule has 0 saturated carbocycles. The lowest BCUT2D eigenvalue weighted by Crippen LogP contribution is -2.29. The summed E-state index contributed by atoms with van der Waals surface area (Å²) in [6, 6.07) is 21.8. The molecule has 3 aromatic rings. The Morgan fingerprint density at radius 3 is 2.53 bits per heavy atom. The van der Waals surface area contributed by atoms with E-state index in [0.29, 0.717) is 11.8 Å². The maximum Gasteiger partial charge on any atom is 0.174 e. The van der Waals surface area contributed by atoms with Crippen molar-refractivity contribution in [3.8, 4) is 22.6 Å². The summed E-state index contributed by atoms with van der Waals surface area (Å²) in [7, 11) is 3.35. The minimum atomic E-state index is 0.205. The van der Waals surface area contributed by atoms with Crippen LogP contribution in [0.25, 0.3) is 11.1 Å². The van der Waals surface area contributed by atoms with E-state index in [1.54, 1.807) is 14.2 Å². The second-order valence-corrected chi connectivity index (χ2v) is 8.74. The van der Waals surface area contributed by atoms with Crippen molar-refractivity contribution in [2.24, 2.45) is 5.92 Å². The molecule has 0 spiro atoms. The first-order chi connectivity index (χ1) is 14.7. The van der Waals surface area contributed by atoms with E-state index in [0.717, 1.165) is 22.4 Å². The predicted octanol–water partition coefficient (Wildman–Crippen LogP) is 6.96. The molecule has 0 amide bonds. The van der Waals surface area contributed by atoms with E-state index in [1.807, 2.05) is 0 Å². The fourth-order valence-electron chi connectivity index (χ4n) is 4.85. The molecule has 3 nitrogen and oxygen atoms in total. The van der Waals surface area contributed by atoms with Gasteiger partial charge in [-0.25, -0.2) is 0 Å². The number of anilines is 1. The highest BCUT2D eigenvalue weighted by atomic mass is 79.9. The molecule has 3 atom stereocenters. The Balaban J connectivity index is 1.56. The summed E-state index contributed by atoms with van der Waals surface area (Å²) in [5.41, 5.74) is 6.31. The largest absolute Gasteiger partial charge is 0.493 e. The van der Waals surface area contributed by atoms with Crippen molar-refractivity contribution in [3.05, 3.63) is 88.4 Å². The van der Waals surface area contributed by atoms with Gasteiger partial charge in [-0.15, -0.1) is 0 Å². The van der Waals surface area contributed by atoms with E-state index in [9.17, 15) is 0 Å². The number of nitrogens with one attached hydrogen (secondary N) is 1. The first-order valence-corrected chi connectivity index (χ1v) is 11.0. The van der Waals surface area contributed by atoms with Crippen LogP contribution < -0.4 is 14.8 Å². The van der Waals surface area contributed by atoms with Crippen LogP contribution in [-0.2, 0) is 0 Å². The number of hydrogen-bond acceptors (Lipinski definition) is 3. The molecule has 1 heterocycles. The number of allylic oxidation sites excluding steroid dienone is 2. The van der Waals surface area contributed by atoms with Crippen LogP contribution in [0.1, 0.15) is 29.5 Å². The van der Waals surface area contributed by atoms with Crippen LogP contribution in [-0.4, -0.2) is 14.2 Å². The zero-order chi connectivity index (χ0) is 20.7. The third-order valence-electron chi connectivity index (χ3n) is 6.28. The lowest BCUT2D eigenvalue weighted by atomic mass is 9.76. The zero-order valence-electron chi connectivity index (χ0n) is 17.1. The molecule has 0 aromatic heterocycles. The van der Waals surface area contributed by atoms with Crippen molar-refractivity contribution in [2.45, 2.75) is 18.4 Å². The summed E-state index contributed by atoms with van der Waals surface area (Å²) in [5.74, 6) is 2.35. The summed E-state index contributed by atoms with van der Waals surface area (Å²) in [4.78, 5) is 0. The standard InChI is InChI=1S/C26H24BrNO2/c1-29-24-15-18(14-22(27)26(24)30-2)25-20-10-6-9-19(20)21-13-17(11-12-23(21)28-25)16-7-4-3-5-8-16/h3-9,11-15,19-20,25,28H,10H2,1-2H3/t19-,20-,25+/m1/s1. The van der Waals surface area contributed by atoms with Crippen LogP contribution in [0.5, 0.6) is 11.5 Å². The molecule has 0 radical (unpaired) electrons. The number of benzene rings is 3. The second kappa shape index (κ2) is 7.84. The van der Waals surface area contributed by atoms with Crippen LogP contribution >= 0.6 is 15.9 Å². The van der Waals surface area contributed by atoms with E-state index in [4.69, 9.17) is 9.47 Å². The Morgan fingerprint density at radius 2 is 1.77 bits per heavy atom. The lowest BCUT2D eigenvalue weighted by Gasteiger charge is -2.38. The Morgan fingerprint density at radius 1 is 0.933 bits per heavy atom. The lowest BCUT2D eigenvalue weighted by molar-refractivity contribution is 0.351. The summed E-state index contributed by atoms with van der Waals surface area (Å²) < 4.78 is 12.0. The van der Waals surface area contributed by atoms with Gasteiger partial charge in [0.2, 0.25) is 0 Å². The molecule has 0 fully saturated rings. The Labute approximate surface area is 185 Å². The summed E-state index contributed by atoms with van der Waals surface area (Å²) >= 11 is 3.66. The highest BCUT2D eigenvalue weighted by Gasteiger charge is 2.38. The van der Waals surface area contributed by atoms with Crippen LogP contribution in [0.15, 0.2) is 77.3 Å². The Bertz CT molecular complexity index is 1110. The van der Waals surface area contributed by atoms with Gasteiger partial charge in [0.25, 0.3) is 0 Å². The predicted molar refractivity (Wildman–Crippen MR) is 125 cm³/mol. The highest BCUT2D eigenvalue weighted by molar-refractivity contribution is 9.10. The van der Waals surface area contributed by atoms with Crippen molar-refractivity contribution in [3.63, 3.8) is 0 Å². The topological polar surface area (TPSA) is 30.5 Å². The van der Waals surface area contributed by atoms with Gasteiger partial charge < -0.3 is 14.8 Å². The van der Waals surface area contributed by atoms with Crippen molar-refractivity contribution in [1.29, 1.82) is 0 Å². The quantitative estimate of drug-likeness (QED) is 0.425. The maximum atomic E-state index is 5.60. The molecule has 152 valence electrons. The number of fused-ring (bicyclic) bond motifs is 3. The van der Waals surface area contributed by atoms with E-state index >= 15 is 0 Å². The van der Waals surface area contributed by atoms with Crippen molar-refractivity contribution >= 4 is 21.6 Å². The molecule has 1 N–H and O–H groups in total. The van der Waals surface area contributed by atoms with E-state index in [-0.39, 0.29) is 6.04 Å². The van der Waals surface area contributed by atoms with E-state index in [1.165, 1.54) is 27.9 Å². The fraction of sp³-hybridized carbons (Fsp3) is 0.231. The van der Waals surface area contributed by atoms with E-state index < -0.39 is 0 Å². The summed E-state index contributed by atoms with van der Waals surface area (Å²) in [6.45, 7) is 0. The second-order valence-electron chi connectivity index (χ2n) is 7.88. The Hall–Kier alpha value is -2.72. The van der Waals surface area contributed by atoms with Gasteiger partial charge in [-0.2, -0.15) is 0 Å². The minimum absolute atomic E-state index is 0.205. The smallest absolute Gasteiger partial charge is 0.174 e. The molecule has 0 unspecified atom stereocenters. The minimum Gasteiger partial charge on any atom is -0.493 e. The first kappa shape index (κ1) is 19.3. The molecule has 5 rings (SSSR count). The van der Waals surface area contributed by atoms with Gasteiger partial charge in [0.1, 0.15) is 0 Å². The molecule has 2 aliphatic rings. The van der Waals surface area contributed by atoms with Crippen molar-refractivity contribution in [2.75, 3.05) is 19.5 Å². The van der Waals surface area contributed by atoms with Gasteiger partial charge in [0.15, 0.2) is 11.5 Å². The maximum absolute atomic E-state index is 5.60. The van der Waals surface area contributed by atoms with Crippen molar-refractivity contribution in [1.82, 2.24) is 0 Å². The molecular weight excluding hydrogens is 438 g/mol.